The highest BCUT2D eigenvalue weighted by molar-refractivity contribution is 5.75. The SMILES string of the molecule is O=C(Cn1cc(C(F)(F)F)ccc1=O)NCc1ccccc1. The third-order valence-corrected chi connectivity index (χ3v) is 2.96. The second-order valence-corrected chi connectivity index (χ2v) is 4.64. The van der Waals surface area contributed by atoms with Gasteiger partial charge in [-0.05, 0) is 11.6 Å². The van der Waals surface area contributed by atoms with E-state index in [1.165, 1.54) is 0 Å². The van der Waals surface area contributed by atoms with E-state index in [0.29, 0.717) is 12.3 Å². The molecule has 0 saturated carbocycles. The number of carbonyl (C=O) groups is 1. The maximum atomic E-state index is 12.6. The lowest BCUT2D eigenvalue weighted by atomic mass is 10.2. The summed E-state index contributed by atoms with van der Waals surface area (Å²) in [6.45, 7) is -0.219. The van der Waals surface area contributed by atoms with E-state index in [0.717, 1.165) is 16.2 Å². The van der Waals surface area contributed by atoms with Crippen LogP contribution in [0.1, 0.15) is 11.1 Å². The number of nitrogens with one attached hydrogen (secondary N) is 1. The molecule has 0 spiro atoms. The molecule has 22 heavy (non-hydrogen) atoms. The highest BCUT2D eigenvalue weighted by atomic mass is 19.4. The first-order valence-corrected chi connectivity index (χ1v) is 6.44. The average molecular weight is 310 g/mol. The van der Waals surface area contributed by atoms with Crippen molar-refractivity contribution in [2.24, 2.45) is 0 Å². The van der Waals surface area contributed by atoms with Crippen LogP contribution >= 0.6 is 0 Å². The van der Waals surface area contributed by atoms with Crippen LogP contribution < -0.4 is 10.9 Å². The first-order valence-electron chi connectivity index (χ1n) is 6.44. The Hall–Kier alpha value is -2.57. The molecule has 2 rings (SSSR count). The monoisotopic (exact) mass is 310 g/mol. The summed E-state index contributed by atoms with van der Waals surface area (Å²) in [5.41, 5.74) is -0.780. The molecule has 1 heterocycles. The molecule has 7 heteroatoms. The van der Waals surface area contributed by atoms with Crippen LogP contribution in [0.3, 0.4) is 0 Å². The summed E-state index contributed by atoms with van der Waals surface area (Å²) in [5.74, 6) is -0.537. The summed E-state index contributed by atoms with van der Waals surface area (Å²) in [6.07, 6.45) is -3.92. The van der Waals surface area contributed by atoms with Gasteiger partial charge in [0.2, 0.25) is 5.91 Å². The average Bonchev–Trinajstić information content (AvgIpc) is 2.47. The molecule has 0 atom stereocenters. The Kier molecular flexibility index (Phi) is 4.65. The van der Waals surface area contributed by atoms with Crippen LogP contribution in [0.25, 0.3) is 0 Å². The fourth-order valence-electron chi connectivity index (χ4n) is 1.83. The molecule has 4 nitrogen and oxygen atoms in total. The fourth-order valence-corrected chi connectivity index (χ4v) is 1.83. The summed E-state index contributed by atoms with van der Waals surface area (Å²) in [6, 6.07) is 10.5. The van der Waals surface area contributed by atoms with Gasteiger partial charge in [0, 0.05) is 18.8 Å². The number of hydrogen-bond donors (Lipinski definition) is 1. The first-order chi connectivity index (χ1) is 10.4. The standard InChI is InChI=1S/C15H13F3N2O2/c16-15(17,18)12-6-7-14(22)20(9-12)10-13(21)19-8-11-4-2-1-3-5-11/h1-7,9H,8,10H2,(H,19,21). The molecule has 0 aliphatic rings. The topological polar surface area (TPSA) is 51.1 Å². The van der Waals surface area contributed by atoms with E-state index in [-0.39, 0.29) is 6.54 Å². The molecule has 0 fully saturated rings. The van der Waals surface area contributed by atoms with Gasteiger partial charge in [0.15, 0.2) is 0 Å². The number of alkyl halides is 3. The molecule has 0 saturated heterocycles. The second kappa shape index (κ2) is 6.46. The fraction of sp³-hybridized carbons (Fsp3) is 0.200. The van der Waals surface area contributed by atoms with Crippen molar-refractivity contribution in [3.63, 3.8) is 0 Å². The van der Waals surface area contributed by atoms with E-state index >= 15 is 0 Å². The van der Waals surface area contributed by atoms with Gasteiger partial charge in [-0.3, -0.25) is 9.59 Å². The van der Waals surface area contributed by atoms with E-state index in [4.69, 9.17) is 0 Å². The van der Waals surface area contributed by atoms with Gasteiger partial charge in [-0.1, -0.05) is 30.3 Å². The van der Waals surface area contributed by atoms with E-state index in [9.17, 15) is 22.8 Å². The Morgan fingerprint density at radius 2 is 1.77 bits per heavy atom. The number of hydrogen-bond acceptors (Lipinski definition) is 2. The number of amides is 1. The largest absolute Gasteiger partial charge is 0.417 e. The Balaban J connectivity index is 2.04. The minimum atomic E-state index is -4.56. The van der Waals surface area contributed by atoms with Crippen LogP contribution in [-0.4, -0.2) is 10.5 Å². The third-order valence-electron chi connectivity index (χ3n) is 2.96. The summed E-state index contributed by atoms with van der Waals surface area (Å²) in [4.78, 5) is 23.3. The predicted octanol–water partition coefficient (Wildman–Crippen LogP) is 2.18. The van der Waals surface area contributed by atoms with E-state index in [1.54, 1.807) is 24.3 Å². The van der Waals surface area contributed by atoms with Gasteiger partial charge in [-0.2, -0.15) is 13.2 Å². The van der Waals surface area contributed by atoms with Gasteiger partial charge in [-0.15, -0.1) is 0 Å². The molecule has 1 aromatic carbocycles. The van der Waals surface area contributed by atoms with Gasteiger partial charge in [0.05, 0.1) is 5.56 Å². The molecule has 0 aliphatic carbocycles. The maximum Gasteiger partial charge on any atom is 0.417 e. The Morgan fingerprint density at radius 1 is 1.09 bits per heavy atom. The Bertz CT molecular complexity index is 709. The van der Waals surface area contributed by atoms with Crippen molar-refractivity contribution in [1.29, 1.82) is 0 Å². The van der Waals surface area contributed by atoms with E-state index < -0.39 is 29.8 Å². The van der Waals surface area contributed by atoms with Gasteiger partial charge < -0.3 is 9.88 Å². The minimum Gasteiger partial charge on any atom is -0.350 e. The summed E-state index contributed by atoms with van der Waals surface area (Å²) in [7, 11) is 0. The molecule has 1 N–H and O–H groups in total. The number of carbonyl (C=O) groups excluding carboxylic acids is 1. The zero-order valence-corrected chi connectivity index (χ0v) is 11.4. The molecular weight excluding hydrogens is 297 g/mol. The second-order valence-electron chi connectivity index (χ2n) is 4.64. The number of aromatic nitrogens is 1. The number of nitrogens with zero attached hydrogens (tertiary/aromatic N) is 1. The molecule has 1 amide bonds. The normalized spacial score (nSPS) is 11.2. The number of pyridine rings is 1. The maximum absolute atomic E-state index is 12.6. The quantitative estimate of drug-likeness (QED) is 0.941. The Labute approximate surface area is 124 Å². The first kappa shape index (κ1) is 15.8. The van der Waals surface area contributed by atoms with E-state index in [2.05, 4.69) is 5.32 Å². The number of halogens is 3. The van der Waals surface area contributed by atoms with Crippen molar-refractivity contribution in [3.05, 3.63) is 70.1 Å². The lowest BCUT2D eigenvalue weighted by Crippen LogP contribution is -2.32. The predicted molar refractivity (Wildman–Crippen MR) is 74.0 cm³/mol. The van der Waals surface area contributed by atoms with Crippen LogP contribution in [0, 0.1) is 0 Å². The molecule has 0 radical (unpaired) electrons. The summed E-state index contributed by atoms with van der Waals surface area (Å²) < 4.78 is 38.5. The molecule has 1 aromatic heterocycles. The zero-order chi connectivity index (χ0) is 16.2. The van der Waals surface area contributed by atoms with Crippen molar-refractivity contribution in [3.8, 4) is 0 Å². The molecule has 116 valence electrons. The van der Waals surface area contributed by atoms with E-state index in [1.807, 2.05) is 6.07 Å². The molecule has 0 aliphatic heterocycles. The summed E-state index contributed by atoms with van der Waals surface area (Å²) in [5, 5.41) is 2.55. The van der Waals surface area contributed by atoms with Crippen LogP contribution in [0.5, 0.6) is 0 Å². The van der Waals surface area contributed by atoms with Crippen molar-refractivity contribution in [1.82, 2.24) is 9.88 Å². The molecule has 0 bridgehead atoms. The van der Waals surface area contributed by atoms with Crippen LogP contribution in [0.4, 0.5) is 13.2 Å². The smallest absolute Gasteiger partial charge is 0.350 e. The van der Waals surface area contributed by atoms with Gasteiger partial charge in [0.25, 0.3) is 5.56 Å². The van der Waals surface area contributed by atoms with Crippen LogP contribution in [0.2, 0.25) is 0 Å². The van der Waals surface area contributed by atoms with Crippen LogP contribution in [0.15, 0.2) is 53.5 Å². The van der Waals surface area contributed by atoms with Crippen molar-refractivity contribution in [2.75, 3.05) is 0 Å². The molecule has 0 unspecified atom stereocenters. The molecule has 2 aromatic rings. The van der Waals surface area contributed by atoms with Gasteiger partial charge in [-0.25, -0.2) is 0 Å². The lowest BCUT2D eigenvalue weighted by molar-refractivity contribution is -0.138. The van der Waals surface area contributed by atoms with Gasteiger partial charge in [0.1, 0.15) is 6.54 Å². The highest BCUT2D eigenvalue weighted by Crippen LogP contribution is 2.27. The zero-order valence-electron chi connectivity index (χ0n) is 11.4. The lowest BCUT2D eigenvalue weighted by Gasteiger charge is -2.11. The summed E-state index contributed by atoms with van der Waals surface area (Å²) >= 11 is 0. The number of benzene rings is 1. The molecular formula is C15H13F3N2O2. The highest BCUT2D eigenvalue weighted by Gasteiger charge is 2.31. The minimum absolute atomic E-state index is 0.243. The Morgan fingerprint density at radius 3 is 2.41 bits per heavy atom. The number of rotatable bonds is 4. The third kappa shape index (κ3) is 4.21. The van der Waals surface area contributed by atoms with Gasteiger partial charge >= 0.3 is 6.18 Å². The van der Waals surface area contributed by atoms with Crippen molar-refractivity contribution < 1.29 is 18.0 Å². The van der Waals surface area contributed by atoms with Crippen molar-refractivity contribution >= 4 is 5.91 Å². The van der Waals surface area contributed by atoms with Crippen LogP contribution in [-0.2, 0) is 24.1 Å². The van der Waals surface area contributed by atoms with Crippen molar-refractivity contribution in [2.45, 2.75) is 19.3 Å².